The van der Waals surface area contributed by atoms with Crippen molar-refractivity contribution in [3.05, 3.63) is 35.9 Å². The molecule has 0 saturated heterocycles. The fraction of sp³-hybridized carbons (Fsp3) is 0.625. The van der Waals surface area contributed by atoms with Crippen LogP contribution in [0.25, 0.3) is 0 Å². The van der Waals surface area contributed by atoms with Crippen molar-refractivity contribution in [2.75, 3.05) is 6.61 Å². The van der Waals surface area contributed by atoms with E-state index in [1.807, 2.05) is 6.07 Å². The summed E-state index contributed by atoms with van der Waals surface area (Å²) in [6.45, 7) is 11.6. The Bertz CT molecular complexity index is 368. The van der Waals surface area contributed by atoms with E-state index < -0.39 is 8.32 Å². The molecule has 0 heterocycles. The summed E-state index contributed by atoms with van der Waals surface area (Å²) in [6.07, 6.45) is 1.77. The molecule has 108 valence electrons. The van der Waals surface area contributed by atoms with E-state index in [1.54, 1.807) is 0 Å². The molecule has 0 unspecified atom stereocenters. The fourth-order valence-electron chi connectivity index (χ4n) is 1.77. The highest BCUT2D eigenvalue weighted by Gasteiger charge is 2.39. The molecule has 0 fully saturated rings. The standard InChI is InChI=1S/C16H28O2Si/c1-16(2,3)19(4,5)18-15(12-9-13-17)14-10-7-6-8-11-14/h6-8,10-11,15,17H,9,12-13H2,1-5H3/t15-/m0/s1. The van der Waals surface area contributed by atoms with Crippen molar-refractivity contribution in [3.63, 3.8) is 0 Å². The molecule has 1 rings (SSSR count). The van der Waals surface area contributed by atoms with Crippen LogP contribution in [0.3, 0.4) is 0 Å². The predicted octanol–water partition coefficient (Wildman–Crippen LogP) is 4.52. The maximum atomic E-state index is 9.08. The first-order chi connectivity index (χ1) is 8.78. The average Bonchev–Trinajstić information content (AvgIpc) is 2.34. The van der Waals surface area contributed by atoms with Crippen molar-refractivity contribution in [3.8, 4) is 0 Å². The monoisotopic (exact) mass is 280 g/mol. The van der Waals surface area contributed by atoms with Gasteiger partial charge in [-0.25, -0.2) is 0 Å². The Morgan fingerprint density at radius 1 is 1.16 bits per heavy atom. The maximum absolute atomic E-state index is 9.08. The Morgan fingerprint density at radius 2 is 1.74 bits per heavy atom. The predicted molar refractivity (Wildman–Crippen MR) is 83.8 cm³/mol. The molecule has 3 heteroatoms. The summed E-state index contributed by atoms with van der Waals surface area (Å²) in [5.41, 5.74) is 1.22. The minimum atomic E-state index is -1.78. The number of benzene rings is 1. The summed E-state index contributed by atoms with van der Waals surface area (Å²) in [5, 5.41) is 9.28. The topological polar surface area (TPSA) is 29.5 Å². The molecule has 0 aliphatic rings. The van der Waals surface area contributed by atoms with Crippen LogP contribution in [0.4, 0.5) is 0 Å². The molecule has 1 aromatic rings. The third kappa shape index (κ3) is 4.75. The van der Waals surface area contributed by atoms with Crippen molar-refractivity contribution in [1.29, 1.82) is 0 Å². The van der Waals surface area contributed by atoms with E-state index in [1.165, 1.54) is 5.56 Å². The van der Waals surface area contributed by atoms with E-state index >= 15 is 0 Å². The van der Waals surface area contributed by atoms with Gasteiger partial charge in [0, 0.05) is 6.61 Å². The molecule has 2 nitrogen and oxygen atoms in total. The first kappa shape index (κ1) is 16.4. The highest BCUT2D eigenvalue weighted by atomic mass is 28.4. The van der Waals surface area contributed by atoms with Gasteiger partial charge in [-0.1, -0.05) is 51.1 Å². The van der Waals surface area contributed by atoms with Crippen molar-refractivity contribution in [1.82, 2.24) is 0 Å². The Morgan fingerprint density at radius 3 is 2.21 bits per heavy atom. The average molecular weight is 280 g/mol. The smallest absolute Gasteiger partial charge is 0.192 e. The number of rotatable bonds is 6. The van der Waals surface area contributed by atoms with Crippen LogP contribution < -0.4 is 0 Å². The van der Waals surface area contributed by atoms with Crippen LogP contribution in [-0.4, -0.2) is 20.0 Å². The van der Waals surface area contributed by atoms with E-state index in [9.17, 15) is 0 Å². The zero-order chi connectivity index (χ0) is 14.5. The Kier molecular flexibility index (Phi) is 5.77. The highest BCUT2D eigenvalue weighted by Crippen LogP contribution is 2.40. The van der Waals surface area contributed by atoms with Crippen molar-refractivity contribution in [2.45, 2.75) is 57.8 Å². The van der Waals surface area contributed by atoms with Gasteiger partial charge in [-0.3, -0.25) is 0 Å². The molecule has 0 radical (unpaired) electrons. The van der Waals surface area contributed by atoms with Gasteiger partial charge in [0.15, 0.2) is 8.32 Å². The summed E-state index contributed by atoms with van der Waals surface area (Å²) in [5.74, 6) is 0. The molecule has 0 aliphatic carbocycles. The molecule has 0 amide bonds. The largest absolute Gasteiger partial charge is 0.410 e. The minimum absolute atomic E-state index is 0.106. The molecule has 0 spiro atoms. The highest BCUT2D eigenvalue weighted by molar-refractivity contribution is 6.74. The molecule has 1 aromatic carbocycles. The second-order valence-corrected chi connectivity index (χ2v) is 11.4. The van der Waals surface area contributed by atoms with E-state index in [4.69, 9.17) is 9.53 Å². The van der Waals surface area contributed by atoms with Gasteiger partial charge >= 0.3 is 0 Å². The first-order valence-corrected chi connectivity index (χ1v) is 10.0. The molecular weight excluding hydrogens is 252 g/mol. The van der Waals surface area contributed by atoms with Gasteiger partial charge in [-0.2, -0.15) is 0 Å². The lowest BCUT2D eigenvalue weighted by Gasteiger charge is -2.39. The molecule has 0 aliphatic heterocycles. The molecule has 0 saturated carbocycles. The van der Waals surface area contributed by atoms with Crippen LogP contribution in [0, 0.1) is 0 Å². The summed E-state index contributed by atoms with van der Waals surface area (Å²) in [4.78, 5) is 0. The van der Waals surface area contributed by atoms with Gasteiger partial charge in [0.05, 0.1) is 6.10 Å². The summed E-state index contributed by atoms with van der Waals surface area (Å²) >= 11 is 0. The number of hydrogen-bond donors (Lipinski definition) is 1. The summed E-state index contributed by atoms with van der Waals surface area (Å²) in [6, 6.07) is 10.4. The van der Waals surface area contributed by atoms with Crippen LogP contribution in [0.2, 0.25) is 18.1 Å². The Balaban J connectivity index is 2.87. The van der Waals surface area contributed by atoms with E-state index in [2.05, 4.69) is 58.1 Å². The fourth-order valence-corrected chi connectivity index (χ4v) is 3.09. The van der Waals surface area contributed by atoms with E-state index in [0.29, 0.717) is 0 Å². The zero-order valence-corrected chi connectivity index (χ0v) is 13.9. The van der Waals surface area contributed by atoms with Crippen molar-refractivity contribution < 1.29 is 9.53 Å². The summed E-state index contributed by atoms with van der Waals surface area (Å²) < 4.78 is 6.52. The van der Waals surface area contributed by atoms with Gasteiger partial charge in [0.25, 0.3) is 0 Å². The van der Waals surface area contributed by atoms with Crippen molar-refractivity contribution >= 4 is 8.32 Å². The Hall–Kier alpha value is -0.643. The molecule has 1 N–H and O–H groups in total. The van der Waals surface area contributed by atoms with Crippen molar-refractivity contribution in [2.24, 2.45) is 0 Å². The third-order valence-electron chi connectivity index (χ3n) is 4.04. The number of hydrogen-bond acceptors (Lipinski definition) is 2. The lowest BCUT2D eigenvalue weighted by molar-refractivity contribution is 0.158. The SMILES string of the molecule is CC(C)(C)[Si](C)(C)O[C@@H](CCCO)c1ccccc1. The van der Waals surface area contributed by atoms with E-state index in [-0.39, 0.29) is 17.7 Å². The molecule has 1 atom stereocenters. The van der Waals surface area contributed by atoms with E-state index in [0.717, 1.165) is 12.8 Å². The molecule has 19 heavy (non-hydrogen) atoms. The normalized spacial score (nSPS) is 14.4. The second kappa shape index (κ2) is 6.68. The van der Waals surface area contributed by atoms with Gasteiger partial charge < -0.3 is 9.53 Å². The maximum Gasteiger partial charge on any atom is 0.192 e. The second-order valence-electron chi connectivity index (χ2n) is 6.64. The molecule has 0 bridgehead atoms. The third-order valence-corrected chi connectivity index (χ3v) is 8.53. The number of aliphatic hydroxyl groups is 1. The lowest BCUT2D eigenvalue weighted by Crippen LogP contribution is -2.41. The van der Waals surface area contributed by atoms with Crippen LogP contribution in [-0.2, 0) is 4.43 Å². The first-order valence-electron chi connectivity index (χ1n) is 7.11. The van der Waals surface area contributed by atoms with Gasteiger partial charge in [-0.15, -0.1) is 0 Å². The van der Waals surface area contributed by atoms with Gasteiger partial charge in [0.2, 0.25) is 0 Å². The van der Waals surface area contributed by atoms with Crippen LogP contribution in [0.15, 0.2) is 30.3 Å². The lowest BCUT2D eigenvalue weighted by atomic mass is 10.1. The van der Waals surface area contributed by atoms with Crippen LogP contribution in [0.1, 0.15) is 45.3 Å². The van der Waals surface area contributed by atoms with Gasteiger partial charge in [0.1, 0.15) is 0 Å². The van der Waals surface area contributed by atoms with Crippen LogP contribution >= 0.6 is 0 Å². The molecule has 0 aromatic heterocycles. The minimum Gasteiger partial charge on any atom is -0.410 e. The Labute approximate surface area is 118 Å². The van der Waals surface area contributed by atoms with Gasteiger partial charge in [-0.05, 0) is 36.5 Å². The number of aliphatic hydroxyl groups excluding tert-OH is 1. The quantitative estimate of drug-likeness (QED) is 0.776. The zero-order valence-electron chi connectivity index (χ0n) is 12.9. The summed E-state index contributed by atoms with van der Waals surface area (Å²) in [7, 11) is -1.78. The molecular formula is C16H28O2Si. The van der Waals surface area contributed by atoms with Crippen LogP contribution in [0.5, 0.6) is 0 Å².